The Kier molecular flexibility index (Phi) is 11.3. The minimum Gasteiger partial charge on any atom is -0.380 e. The predicted molar refractivity (Wildman–Crippen MR) is 116 cm³/mol. The highest BCUT2D eigenvalue weighted by atomic mass is 127. The Morgan fingerprint density at radius 3 is 2.85 bits per heavy atom. The lowest BCUT2D eigenvalue weighted by Gasteiger charge is -2.16. The maximum Gasteiger partial charge on any atom is 0.222 e. The second kappa shape index (κ2) is 12.9. The van der Waals surface area contributed by atoms with E-state index in [0.29, 0.717) is 18.5 Å². The van der Waals surface area contributed by atoms with E-state index in [2.05, 4.69) is 15.6 Å². The van der Waals surface area contributed by atoms with Crippen molar-refractivity contribution in [2.75, 3.05) is 33.3 Å². The first kappa shape index (κ1) is 23.6. The number of aliphatic imine (C=N–C) groups is 1. The SMILES string of the molecule is CCNC(=NCc1ccc(F)c(COC)c1)NCCCN1CCCC1=O.I. The Balaban J connectivity index is 0.00000364. The number of guanidine groups is 1. The summed E-state index contributed by atoms with van der Waals surface area (Å²) in [5.74, 6) is 0.715. The molecule has 2 N–H and O–H groups in total. The highest BCUT2D eigenvalue weighted by Crippen LogP contribution is 2.12. The number of ether oxygens (including phenoxy) is 1. The third-order valence-electron chi connectivity index (χ3n) is 4.24. The Morgan fingerprint density at radius 1 is 1.37 bits per heavy atom. The number of likely N-dealkylation sites (tertiary alicyclic amines) is 1. The molecule has 27 heavy (non-hydrogen) atoms. The van der Waals surface area contributed by atoms with Gasteiger partial charge >= 0.3 is 0 Å². The van der Waals surface area contributed by atoms with Gasteiger partial charge in [0.1, 0.15) is 5.82 Å². The summed E-state index contributed by atoms with van der Waals surface area (Å²) in [4.78, 5) is 18.1. The van der Waals surface area contributed by atoms with Crippen LogP contribution in [-0.4, -0.2) is 50.1 Å². The molecular formula is C19H30FIN4O2. The fraction of sp³-hybridized carbons (Fsp3) is 0.579. The molecule has 1 aliphatic heterocycles. The maximum absolute atomic E-state index is 13.7. The molecule has 1 aromatic rings. The summed E-state index contributed by atoms with van der Waals surface area (Å²) in [6, 6.07) is 4.97. The number of amides is 1. The van der Waals surface area contributed by atoms with Gasteiger partial charge in [-0.2, -0.15) is 0 Å². The van der Waals surface area contributed by atoms with Crippen LogP contribution in [-0.2, 0) is 22.7 Å². The fourth-order valence-corrected chi connectivity index (χ4v) is 2.92. The molecule has 0 atom stereocenters. The Hall–Kier alpha value is -1.42. The van der Waals surface area contributed by atoms with Crippen LogP contribution in [0.2, 0.25) is 0 Å². The van der Waals surface area contributed by atoms with Gasteiger partial charge in [-0.05, 0) is 37.5 Å². The summed E-state index contributed by atoms with van der Waals surface area (Å²) < 4.78 is 18.7. The van der Waals surface area contributed by atoms with Gasteiger partial charge in [-0.25, -0.2) is 9.38 Å². The van der Waals surface area contributed by atoms with Crippen molar-refractivity contribution in [3.05, 3.63) is 35.1 Å². The number of hydrogen-bond donors (Lipinski definition) is 2. The van der Waals surface area contributed by atoms with Gasteiger partial charge in [-0.15, -0.1) is 24.0 Å². The summed E-state index contributed by atoms with van der Waals surface area (Å²) in [7, 11) is 1.55. The highest BCUT2D eigenvalue weighted by Gasteiger charge is 2.18. The van der Waals surface area contributed by atoms with Crippen LogP contribution in [0, 0.1) is 5.82 Å². The predicted octanol–water partition coefficient (Wildman–Crippen LogP) is 2.66. The molecule has 0 aromatic heterocycles. The smallest absolute Gasteiger partial charge is 0.222 e. The van der Waals surface area contributed by atoms with Gasteiger partial charge in [0.2, 0.25) is 5.91 Å². The molecule has 152 valence electrons. The zero-order valence-corrected chi connectivity index (χ0v) is 18.4. The van der Waals surface area contributed by atoms with Gasteiger partial charge in [0.05, 0.1) is 13.2 Å². The van der Waals surface area contributed by atoms with Gasteiger partial charge in [-0.3, -0.25) is 4.79 Å². The molecule has 1 aromatic carbocycles. The fourth-order valence-electron chi connectivity index (χ4n) is 2.92. The molecule has 0 saturated carbocycles. The van der Waals surface area contributed by atoms with Crippen molar-refractivity contribution in [3.63, 3.8) is 0 Å². The molecule has 1 heterocycles. The molecular weight excluding hydrogens is 462 g/mol. The van der Waals surface area contributed by atoms with E-state index < -0.39 is 0 Å². The first-order chi connectivity index (χ1) is 12.6. The van der Waals surface area contributed by atoms with Crippen LogP contribution in [0.5, 0.6) is 0 Å². The highest BCUT2D eigenvalue weighted by molar-refractivity contribution is 14.0. The number of methoxy groups -OCH3 is 1. The summed E-state index contributed by atoms with van der Waals surface area (Å²) in [6.45, 7) is 5.87. The molecule has 0 spiro atoms. The summed E-state index contributed by atoms with van der Waals surface area (Å²) in [5, 5.41) is 6.48. The van der Waals surface area contributed by atoms with Crippen molar-refractivity contribution in [1.82, 2.24) is 15.5 Å². The topological polar surface area (TPSA) is 66.0 Å². The van der Waals surface area contributed by atoms with Crippen LogP contribution < -0.4 is 10.6 Å². The van der Waals surface area contributed by atoms with Crippen molar-refractivity contribution in [1.29, 1.82) is 0 Å². The first-order valence-electron chi connectivity index (χ1n) is 9.20. The number of nitrogens with one attached hydrogen (secondary N) is 2. The normalized spacial score (nSPS) is 14.3. The van der Waals surface area contributed by atoms with E-state index in [9.17, 15) is 9.18 Å². The lowest BCUT2D eigenvalue weighted by molar-refractivity contribution is -0.127. The molecule has 1 saturated heterocycles. The number of carbonyl (C=O) groups excluding carboxylic acids is 1. The van der Waals surface area contributed by atoms with Gasteiger partial charge in [-0.1, -0.05) is 6.07 Å². The maximum atomic E-state index is 13.7. The van der Waals surface area contributed by atoms with Crippen LogP contribution in [0.4, 0.5) is 4.39 Å². The zero-order chi connectivity index (χ0) is 18.8. The van der Waals surface area contributed by atoms with Crippen LogP contribution >= 0.6 is 24.0 Å². The van der Waals surface area contributed by atoms with Crippen molar-refractivity contribution < 1.29 is 13.9 Å². The largest absolute Gasteiger partial charge is 0.380 e. The average Bonchev–Trinajstić information content (AvgIpc) is 3.04. The number of benzene rings is 1. The summed E-state index contributed by atoms with van der Waals surface area (Å²) in [5.41, 5.74) is 1.46. The third-order valence-corrected chi connectivity index (χ3v) is 4.24. The Morgan fingerprint density at radius 2 is 2.19 bits per heavy atom. The molecule has 0 aliphatic carbocycles. The van der Waals surface area contributed by atoms with E-state index in [-0.39, 0.29) is 42.3 Å². The summed E-state index contributed by atoms with van der Waals surface area (Å²) in [6.07, 6.45) is 2.53. The lowest BCUT2D eigenvalue weighted by Crippen LogP contribution is -2.39. The van der Waals surface area contributed by atoms with Crippen molar-refractivity contribution in [3.8, 4) is 0 Å². The van der Waals surface area contributed by atoms with Crippen LogP contribution in [0.3, 0.4) is 0 Å². The standard InChI is InChI=1S/C19H29FN4O2.HI/c1-3-21-19(22-9-5-11-24-10-4-6-18(24)25)23-13-15-7-8-17(20)16(12-15)14-26-2;/h7-8,12H,3-6,9-11,13-14H2,1-2H3,(H2,21,22,23);1H. The van der Waals surface area contributed by atoms with E-state index in [1.165, 1.54) is 6.07 Å². The molecule has 1 amide bonds. The number of rotatable bonds is 9. The monoisotopic (exact) mass is 492 g/mol. The van der Waals surface area contributed by atoms with Gasteiger partial charge in [0, 0.05) is 45.3 Å². The minimum atomic E-state index is -0.263. The average molecular weight is 492 g/mol. The number of carbonyl (C=O) groups is 1. The van der Waals surface area contributed by atoms with Crippen LogP contribution in [0.1, 0.15) is 37.3 Å². The van der Waals surface area contributed by atoms with E-state index >= 15 is 0 Å². The Labute approximate surface area is 178 Å². The second-order valence-corrected chi connectivity index (χ2v) is 6.32. The van der Waals surface area contributed by atoms with E-state index in [0.717, 1.165) is 50.5 Å². The molecule has 2 rings (SSSR count). The lowest BCUT2D eigenvalue weighted by atomic mass is 10.1. The third kappa shape index (κ3) is 8.00. The van der Waals surface area contributed by atoms with Crippen molar-refractivity contribution in [2.24, 2.45) is 4.99 Å². The van der Waals surface area contributed by atoms with E-state index in [1.807, 2.05) is 11.8 Å². The van der Waals surface area contributed by atoms with E-state index in [4.69, 9.17) is 4.74 Å². The van der Waals surface area contributed by atoms with E-state index in [1.54, 1.807) is 19.2 Å². The molecule has 6 nitrogen and oxygen atoms in total. The number of halogens is 2. The van der Waals surface area contributed by atoms with Gasteiger partial charge in [0.25, 0.3) is 0 Å². The number of hydrogen-bond acceptors (Lipinski definition) is 3. The van der Waals surface area contributed by atoms with Gasteiger partial charge < -0.3 is 20.3 Å². The molecule has 1 aliphatic rings. The zero-order valence-electron chi connectivity index (χ0n) is 16.1. The molecule has 0 radical (unpaired) electrons. The quantitative estimate of drug-likeness (QED) is 0.241. The molecule has 0 bridgehead atoms. The van der Waals surface area contributed by atoms with Crippen LogP contribution in [0.25, 0.3) is 0 Å². The van der Waals surface area contributed by atoms with Gasteiger partial charge in [0.15, 0.2) is 5.96 Å². The Bertz CT molecular complexity index is 628. The number of nitrogens with zero attached hydrogens (tertiary/aromatic N) is 2. The molecule has 0 unspecified atom stereocenters. The minimum absolute atomic E-state index is 0. The second-order valence-electron chi connectivity index (χ2n) is 6.32. The first-order valence-corrected chi connectivity index (χ1v) is 9.20. The molecule has 1 fully saturated rings. The van der Waals surface area contributed by atoms with Crippen molar-refractivity contribution in [2.45, 2.75) is 39.3 Å². The van der Waals surface area contributed by atoms with Crippen molar-refractivity contribution >= 4 is 35.8 Å². The van der Waals surface area contributed by atoms with Crippen LogP contribution in [0.15, 0.2) is 23.2 Å². The summed E-state index contributed by atoms with van der Waals surface area (Å²) >= 11 is 0. The molecule has 8 heteroatoms.